The number of rotatable bonds is 7. The van der Waals surface area contributed by atoms with E-state index < -0.39 is 18.0 Å². The van der Waals surface area contributed by atoms with Crippen molar-refractivity contribution in [2.75, 3.05) is 5.32 Å². The fraction of sp³-hybridized carbons (Fsp3) is 0.227. The number of oxazole rings is 1. The van der Waals surface area contributed by atoms with Crippen molar-refractivity contribution in [3.05, 3.63) is 70.2 Å². The molecule has 1 N–H and O–H groups in total. The molecular formula is C22H20Cl2N2O4. The molecule has 1 aromatic heterocycles. The first-order chi connectivity index (χ1) is 14.3. The number of carbonyl (C=O) groups excluding carboxylic acids is 2. The summed E-state index contributed by atoms with van der Waals surface area (Å²) in [5, 5.41) is 3.35. The molecule has 0 aliphatic heterocycles. The molecule has 3 rings (SSSR count). The molecule has 0 spiro atoms. The highest BCUT2D eigenvalue weighted by atomic mass is 35.5. The Morgan fingerprint density at radius 3 is 2.60 bits per heavy atom. The molecule has 3 aromatic rings. The second-order valence-electron chi connectivity index (χ2n) is 6.73. The number of nitrogens with one attached hydrogen (secondary N) is 1. The standard InChI is InChI=1S/C22H20Cl2N2O4/c1-13-3-5-15(6-4-13)19-12-25-20(30-19)9-10-21(27)29-14(2)22(28)26-18-8-7-16(23)11-17(18)24/h3-8,11-12,14H,9-10H2,1-2H3,(H,26,28)/t14-/m1/s1. The highest BCUT2D eigenvalue weighted by molar-refractivity contribution is 6.36. The predicted molar refractivity (Wildman–Crippen MR) is 116 cm³/mol. The number of carbonyl (C=O) groups is 2. The van der Waals surface area contributed by atoms with Crippen LogP contribution in [0.3, 0.4) is 0 Å². The Hall–Kier alpha value is -2.83. The third-order valence-electron chi connectivity index (χ3n) is 4.30. The van der Waals surface area contributed by atoms with Crippen molar-refractivity contribution in [1.82, 2.24) is 4.98 Å². The largest absolute Gasteiger partial charge is 0.453 e. The SMILES string of the molecule is Cc1ccc(-c2cnc(CCC(=O)O[C@H](C)C(=O)Nc3ccc(Cl)cc3Cl)o2)cc1. The van der Waals surface area contributed by atoms with Gasteiger partial charge in [0.25, 0.3) is 5.91 Å². The molecule has 8 heteroatoms. The zero-order valence-electron chi connectivity index (χ0n) is 16.4. The number of aryl methyl sites for hydroxylation is 2. The van der Waals surface area contributed by atoms with E-state index in [1.807, 2.05) is 31.2 Å². The van der Waals surface area contributed by atoms with Crippen LogP contribution >= 0.6 is 23.2 Å². The normalized spacial score (nSPS) is 11.7. The van der Waals surface area contributed by atoms with Crippen LogP contribution in [0.2, 0.25) is 10.0 Å². The fourth-order valence-corrected chi connectivity index (χ4v) is 3.08. The minimum absolute atomic E-state index is 0.0349. The van der Waals surface area contributed by atoms with Gasteiger partial charge in [-0.1, -0.05) is 53.0 Å². The highest BCUT2D eigenvalue weighted by Gasteiger charge is 2.19. The third kappa shape index (κ3) is 5.84. The van der Waals surface area contributed by atoms with Gasteiger partial charge in [-0.15, -0.1) is 0 Å². The Labute approximate surface area is 184 Å². The van der Waals surface area contributed by atoms with Crippen molar-refractivity contribution in [3.8, 4) is 11.3 Å². The molecule has 0 unspecified atom stereocenters. The van der Waals surface area contributed by atoms with Gasteiger partial charge in [-0.25, -0.2) is 4.98 Å². The smallest absolute Gasteiger partial charge is 0.307 e. The lowest BCUT2D eigenvalue weighted by molar-refractivity contribution is -0.153. The van der Waals surface area contributed by atoms with E-state index in [1.165, 1.54) is 13.0 Å². The van der Waals surface area contributed by atoms with Gasteiger partial charge in [-0.05, 0) is 32.0 Å². The van der Waals surface area contributed by atoms with E-state index in [0.29, 0.717) is 27.4 Å². The first kappa shape index (κ1) is 21.9. The maximum absolute atomic E-state index is 12.2. The minimum atomic E-state index is -0.989. The van der Waals surface area contributed by atoms with E-state index >= 15 is 0 Å². The maximum atomic E-state index is 12.2. The summed E-state index contributed by atoms with van der Waals surface area (Å²) in [6.07, 6.45) is 0.934. The first-order valence-electron chi connectivity index (χ1n) is 9.29. The summed E-state index contributed by atoms with van der Waals surface area (Å²) < 4.78 is 10.9. The second kappa shape index (κ2) is 9.78. The number of hydrogen-bond acceptors (Lipinski definition) is 5. The molecule has 0 bridgehead atoms. The fourth-order valence-electron chi connectivity index (χ4n) is 2.62. The van der Waals surface area contributed by atoms with E-state index in [0.717, 1.165) is 11.1 Å². The Kier molecular flexibility index (Phi) is 7.13. The van der Waals surface area contributed by atoms with Crippen molar-refractivity contribution >= 4 is 40.8 Å². The number of esters is 1. The molecule has 1 atom stereocenters. The zero-order chi connectivity index (χ0) is 21.7. The van der Waals surface area contributed by atoms with E-state index in [4.69, 9.17) is 32.4 Å². The molecule has 0 aliphatic carbocycles. The molecule has 6 nitrogen and oxygen atoms in total. The van der Waals surface area contributed by atoms with E-state index in [9.17, 15) is 9.59 Å². The average Bonchev–Trinajstić information content (AvgIpc) is 3.18. The first-order valence-corrected chi connectivity index (χ1v) is 10.0. The second-order valence-corrected chi connectivity index (χ2v) is 7.57. The van der Waals surface area contributed by atoms with Gasteiger partial charge < -0.3 is 14.5 Å². The van der Waals surface area contributed by atoms with Crippen LogP contribution in [0.1, 0.15) is 24.8 Å². The number of hydrogen-bond donors (Lipinski definition) is 1. The number of nitrogens with zero attached hydrogens (tertiary/aromatic N) is 1. The van der Waals surface area contributed by atoms with Crippen LogP contribution in [-0.2, 0) is 20.7 Å². The third-order valence-corrected chi connectivity index (χ3v) is 4.85. The van der Waals surface area contributed by atoms with Gasteiger partial charge in [0.2, 0.25) is 0 Å². The molecule has 30 heavy (non-hydrogen) atoms. The number of halogens is 2. The maximum Gasteiger partial charge on any atom is 0.307 e. The molecule has 156 valence electrons. The lowest BCUT2D eigenvalue weighted by Crippen LogP contribution is -2.30. The minimum Gasteiger partial charge on any atom is -0.453 e. The van der Waals surface area contributed by atoms with Crippen molar-refractivity contribution in [1.29, 1.82) is 0 Å². The van der Waals surface area contributed by atoms with Gasteiger partial charge in [-0.2, -0.15) is 0 Å². The predicted octanol–water partition coefficient (Wildman–Crippen LogP) is 5.46. The van der Waals surface area contributed by atoms with E-state index in [2.05, 4.69) is 10.3 Å². The van der Waals surface area contributed by atoms with Gasteiger partial charge in [-0.3, -0.25) is 9.59 Å². The van der Waals surface area contributed by atoms with Crippen LogP contribution in [0.5, 0.6) is 0 Å². The molecule has 0 saturated carbocycles. The van der Waals surface area contributed by atoms with E-state index in [-0.39, 0.29) is 12.8 Å². The zero-order valence-corrected chi connectivity index (χ0v) is 18.0. The highest BCUT2D eigenvalue weighted by Crippen LogP contribution is 2.25. The summed E-state index contributed by atoms with van der Waals surface area (Å²) in [5.74, 6) is 0.0267. The van der Waals surface area contributed by atoms with Crippen LogP contribution in [0.15, 0.2) is 53.1 Å². The van der Waals surface area contributed by atoms with Gasteiger partial charge in [0.05, 0.1) is 23.3 Å². The number of ether oxygens (including phenoxy) is 1. The molecule has 1 heterocycles. The van der Waals surface area contributed by atoms with E-state index in [1.54, 1.807) is 18.3 Å². The lowest BCUT2D eigenvalue weighted by Gasteiger charge is -2.14. The van der Waals surface area contributed by atoms with Crippen LogP contribution in [0, 0.1) is 6.92 Å². The molecular weight excluding hydrogens is 427 g/mol. The average molecular weight is 447 g/mol. The molecule has 1 amide bonds. The quantitative estimate of drug-likeness (QED) is 0.487. The summed E-state index contributed by atoms with van der Waals surface area (Å²) in [6.45, 7) is 3.49. The van der Waals surface area contributed by atoms with Crippen molar-refractivity contribution in [2.45, 2.75) is 32.8 Å². The number of amides is 1. The molecule has 0 fully saturated rings. The summed E-state index contributed by atoms with van der Waals surface area (Å²) in [6, 6.07) is 12.5. The van der Waals surface area contributed by atoms with Crippen LogP contribution < -0.4 is 5.32 Å². The van der Waals surface area contributed by atoms with Crippen molar-refractivity contribution in [3.63, 3.8) is 0 Å². The monoisotopic (exact) mass is 446 g/mol. The summed E-state index contributed by atoms with van der Waals surface area (Å²) >= 11 is 11.9. The van der Waals surface area contributed by atoms with Gasteiger partial charge in [0.15, 0.2) is 17.8 Å². The number of benzene rings is 2. The Balaban J connectivity index is 1.49. The van der Waals surface area contributed by atoms with Crippen molar-refractivity contribution in [2.24, 2.45) is 0 Å². The number of anilines is 1. The van der Waals surface area contributed by atoms with Gasteiger partial charge in [0.1, 0.15) is 0 Å². The van der Waals surface area contributed by atoms with Crippen molar-refractivity contribution < 1.29 is 18.7 Å². The Morgan fingerprint density at radius 1 is 1.17 bits per heavy atom. The summed E-state index contributed by atoms with van der Waals surface area (Å²) in [4.78, 5) is 28.5. The van der Waals surface area contributed by atoms with Gasteiger partial charge in [0, 0.05) is 17.0 Å². The molecule has 2 aromatic carbocycles. The summed E-state index contributed by atoms with van der Waals surface area (Å²) in [5.41, 5.74) is 2.45. The molecule has 0 radical (unpaired) electrons. The topological polar surface area (TPSA) is 81.4 Å². The van der Waals surface area contributed by atoms with Crippen LogP contribution in [0.25, 0.3) is 11.3 Å². The Morgan fingerprint density at radius 2 is 1.90 bits per heavy atom. The summed E-state index contributed by atoms with van der Waals surface area (Å²) in [7, 11) is 0. The van der Waals surface area contributed by atoms with Crippen LogP contribution in [0.4, 0.5) is 5.69 Å². The van der Waals surface area contributed by atoms with Gasteiger partial charge >= 0.3 is 5.97 Å². The molecule has 0 saturated heterocycles. The van der Waals surface area contributed by atoms with Crippen LogP contribution in [-0.4, -0.2) is 23.0 Å². The lowest BCUT2D eigenvalue weighted by atomic mass is 10.1. The number of aromatic nitrogens is 1. The Bertz CT molecular complexity index is 1050. The molecule has 0 aliphatic rings.